The molecular formula is C25H44B2I2O3S2Y2-2. The van der Waals surface area contributed by atoms with E-state index in [1.807, 2.05) is 64.1 Å². The van der Waals surface area contributed by atoms with E-state index < -0.39 is 5.97 Å². The molecule has 0 spiro atoms. The standard InChI is InChI=1S/2C7H8BS.C3H6O.C2H4O2.2C2H6.2CH3.I2.2Y/c2*1-9-8-7-5-3-2-4-6-7;1-3(2)4;1-2(3)4;2*1-2;;;1-2;;/h2*2-6H,1H3;1-2H3;1H3,(H,3,4);2*1-2H3;2*1H3;;;/q;;;;;;2*-1;;;. The van der Waals surface area contributed by atoms with Gasteiger partial charge in [0.2, 0.25) is 13.1 Å². The second kappa shape index (κ2) is 61.2. The van der Waals surface area contributed by atoms with Crippen LogP contribution in [0.5, 0.6) is 0 Å². The molecule has 0 atom stereocenters. The molecule has 11 heteroatoms. The van der Waals surface area contributed by atoms with Crippen LogP contribution in [0.4, 0.5) is 0 Å². The Kier molecular flexibility index (Phi) is 105. The zero-order valence-corrected chi connectivity index (χ0v) is 35.5. The fourth-order valence-electron chi connectivity index (χ4n) is 1.34. The number of halogens is 2. The van der Waals surface area contributed by atoms with Crippen molar-refractivity contribution in [1.29, 1.82) is 0 Å². The van der Waals surface area contributed by atoms with Gasteiger partial charge in [-0.15, -0.1) is 0 Å². The van der Waals surface area contributed by atoms with Crippen molar-refractivity contribution >= 4 is 96.3 Å². The first-order valence-corrected chi connectivity index (χ1v) is 18.8. The van der Waals surface area contributed by atoms with Crippen molar-refractivity contribution in [2.24, 2.45) is 0 Å². The number of carboxylic acids is 1. The zero-order valence-electron chi connectivity index (χ0n) is 23.9. The molecule has 0 bridgehead atoms. The van der Waals surface area contributed by atoms with Gasteiger partial charge in [-0.3, -0.25) is 4.79 Å². The van der Waals surface area contributed by atoms with Crippen LogP contribution in [0.1, 0.15) is 48.5 Å². The van der Waals surface area contributed by atoms with Crippen molar-refractivity contribution in [1.82, 2.24) is 0 Å². The van der Waals surface area contributed by atoms with Crippen molar-refractivity contribution in [3.63, 3.8) is 0 Å². The first-order valence-electron chi connectivity index (χ1n) is 9.96. The Morgan fingerprint density at radius 1 is 0.667 bits per heavy atom. The van der Waals surface area contributed by atoms with Gasteiger partial charge in [0, 0.05) is 110 Å². The summed E-state index contributed by atoms with van der Waals surface area (Å²) in [5, 5.41) is 7.42. The van der Waals surface area contributed by atoms with E-state index >= 15 is 0 Å². The number of carbonyl (C=O) groups is 2. The molecule has 36 heavy (non-hydrogen) atoms. The molecule has 3 nitrogen and oxygen atoms in total. The van der Waals surface area contributed by atoms with Gasteiger partial charge >= 0.3 is 0 Å². The summed E-state index contributed by atoms with van der Waals surface area (Å²) in [7, 11) is 0. The van der Waals surface area contributed by atoms with E-state index in [1.54, 1.807) is 23.2 Å². The molecule has 202 valence electrons. The second-order valence-electron chi connectivity index (χ2n) is 4.96. The van der Waals surface area contributed by atoms with Gasteiger partial charge in [0.1, 0.15) is 5.78 Å². The summed E-state index contributed by atoms with van der Waals surface area (Å²) in [5.41, 5.74) is 2.56. The van der Waals surface area contributed by atoms with E-state index in [2.05, 4.69) is 87.1 Å². The molecule has 0 fully saturated rings. The minimum atomic E-state index is -0.833. The summed E-state index contributed by atoms with van der Waals surface area (Å²) in [6.45, 7) is 16.4. The average Bonchev–Trinajstić information content (AvgIpc) is 2.80. The Hall–Kier alpha value is 2.08. The van der Waals surface area contributed by atoms with Crippen molar-refractivity contribution in [2.75, 3.05) is 12.5 Å². The predicted molar refractivity (Wildman–Crippen MR) is 184 cm³/mol. The van der Waals surface area contributed by atoms with E-state index in [1.165, 1.54) is 24.8 Å². The Morgan fingerprint density at radius 3 is 0.972 bits per heavy atom. The Balaban J connectivity index is -0.0000000363. The van der Waals surface area contributed by atoms with Crippen molar-refractivity contribution in [2.45, 2.75) is 48.5 Å². The fraction of sp³-hybridized carbons (Fsp3) is 0.360. The van der Waals surface area contributed by atoms with Gasteiger partial charge < -0.3 is 24.8 Å². The summed E-state index contributed by atoms with van der Waals surface area (Å²) >= 11 is 7.70. The van der Waals surface area contributed by atoms with Crippen LogP contribution in [0.15, 0.2) is 60.7 Å². The largest absolute Gasteiger partial charge is 0.481 e. The Morgan fingerprint density at radius 2 is 0.833 bits per heavy atom. The average molecular weight is 910 g/mol. The van der Waals surface area contributed by atoms with E-state index in [0.29, 0.717) is 0 Å². The maximum Gasteiger partial charge on any atom is 0.300 e. The minimum absolute atomic E-state index is 0. The predicted octanol–water partition coefficient (Wildman–Crippen LogP) is 7.99. The molecule has 0 unspecified atom stereocenters. The SMILES string of the molecule is CC.CC.CC(=O)O.CC(C)=O.CS[B]c1ccccc1.CS[B]c1ccccc1.II.[CH3-].[CH3-].[Y].[Y]. The topological polar surface area (TPSA) is 54.4 Å². The molecule has 0 heterocycles. The summed E-state index contributed by atoms with van der Waals surface area (Å²) in [6.07, 6.45) is 4.12. The van der Waals surface area contributed by atoms with E-state index in [0.717, 1.165) is 6.92 Å². The van der Waals surface area contributed by atoms with Crippen molar-refractivity contribution in [3.8, 4) is 0 Å². The van der Waals surface area contributed by atoms with Gasteiger partial charge in [-0.05, 0) is 26.4 Å². The van der Waals surface area contributed by atoms with Gasteiger partial charge in [0.25, 0.3) is 5.97 Å². The molecule has 0 saturated heterocycles. The number of rotatable bonds is 4. The fourth-order valence-corrected chi connectivity index (χ4v) is 2.19. The molecule has 1 N–H and O–H groups in total. The number of benzene rings is 2. The van der Waals surface area contributed by atoms with Gasteiger partial charge in [0.15, 0.2) is 0 Å². The Bertz CT molecular complexity index is 545. The molecule has 0 aliphatic rings. The summed E-state index contributed by atoms with van der Waals surface area (Å²) in [5.74, 6) is -0.667. The molecule has 2 rings (SSSR count). The van der Waals surface area contributed by atoms with Crippen LogP contribution in [-0.2, 0) is 75.0 Å². The molecule has 0 aromatic heterocycles. The summed E-state index contributed by atoms with van der Waals surface area (Å²) in [6, 6.07) is 20.6. The van der Waals surface area contributed by atoms with Crippen LogP contribution in [0.3, 0.4) is 0 Å². The van der Waals surface area contributed by atoms with Gasteiger partial charge in [-0.25, -0.2) is 23.2 Å². The molecule has 0 aliphatic heterocycles. The van der Waals surface area contributed by atoms with Crippen molar-refractivity contribution < 1.29 is 80.1 Å². The van der Waals surface area contributed by atoms with Gasteiger partial charge in [-0.2, -0.15) is 0 Å². The minimum Gasteiger partial charge on any atom is -0.481 e. The first kappa shape index (κ1) is 61.9. The van der Waals surface area contributed by atoms with Crippen LogP contribution in [0, 0.1) is 14.9 Å². The second-order valence-corrected chi connectivity index (χ2v) is 6.37. The van der Waals surface area contributed by atoms with Gasteiger partial charge in [-0.1, -0.05) is 99.3 Å². The third-order valence-electron chi connectivity index (χ3n) is 2.11. The van der Waals surface area contributed by atoms with Gasteiger partial charge in [0.05, 0.1) is 0 Å². The molecule has 2 aromatic carbocycles. The normalized spacial score (nSPS) is 6.42. The third kappa shape index (κ3) is 76.6. The number of carbonyl (C=O) groups excluding carboxylic acids is 1. The molecule has 0 saturated carbocycles. The van der Waals surface area contributed by atoms with Crippen LogP contribution >= 0.6 is 60.5 Å². The number of Topliss-reactive ketones (excluding diaryl/α,β-unsaturated/α-hetero) is 1. The number of hydrogen-bond acceptors (Lipinski definition) is 4. The van der Waals surface area contributed by atoms with Crippen LogP contribution in [-0.4, -0.2) is 42.5 Å². The maximum atomic E-state index is 9.44. The van der Waals surface area contributed by atoms with Crippen LogP contribution in [0.2, 0.25) is 0 Å². The van der Waals surface area contributed by atoms with Crippen LogP contribution in [0.25, 0.3) is 0 Å². The third-order valence-corrected chi connectivity index (χ3v) is 3.12. The number of aliphatic carboxylic acids is 1. The van der Waals surface area contributed by atoms with Crippen LogP contribution < -0.4 is 10.9 Å². The number of hydrogen-bond donors (Lipinski definition) is 1. The zero-order chi connectivity index (χ0) is 26.2. The monoisotopic (exact) mass is 910 g/mol. The quantitative estimate of drug-likeness (QED) is 0.192. The Labute approximate surface area is 308 Å². The number of ketones is 1. The maximum absolute atomic E-state index is 9.44. The van der Waals surface area contributed by atoms with E-state index in [9.17, 15) is 4.79 Å². The molecular weight excluding hydrogens is 866 g/mol. The molecule has 4 radical (unpaired) electrons. The molecule has 0 amide bonds. The molecule has 0 aliphatic carbocycles. The number of carboxylic acid groups (broad SMARTS) is 1. The van der Waals surface area contributed by atoms with E-state index in [4.69, 9.17) is 9.90 Å². The summed E-state index contributed by atoms with van der Waals surface area (Å²) < 4.78 is 0. The van der Waals surface area contributed by atoms with Crippen molar-refractivity contribution in [3.05, 3.63) is 75.5 Å². The molecule has 2 aromatic rings. The smallest absolute Gasteiger partial charge is 0.300 e. The van der Waals surface area contributed by atoms with E-state index in [-0.39, 0.29) is 86.1 Å². The first-order chi connectivity index (χ1) is 15.3. The summed E-state index contributed by atoms with van der Waals surface area (Å²) in [4.78, 5) is 18.4.